The summed E-state index contributed by atoms with van der Waals surface area (Å²) in [6, 6.07) is 12.1. The molecule has 1 spiro atoms. The molecule has 3 aliphatic rings. The summed E-state index contributed by atoms with van der Waals surface area (Å²) in [5.74, 6) is 0.359. The first-order valence-electron chi connectivity index (χ1n) is 7.69. The van der Waals surface area contributed by atoms with Crippen molar-refractivity contribution in [2.75, 3.05) is 36.9 Å². The highest BCUT2D eigenvalue weighted by molar-refractivity contribution is 5.94. The summed E-state index contributed by atoms with van der Waals surface area (Å²) < 4.78 is 5.01. The number of benzene rings is 1. The lowest BCUT2D eigenvalue weighted by molar-refractivity contribution is -0.118. The van der Waals surface area contributed by atoms with Crippen LogP contribution in [0.5, 0.6) is 5.88 Å². The van der Waals surface area contributed by atoms with E-state index in [2.05, 4.69) is 45.2 Å². The molecular weight excluding hydrogens is 292 g/mol. The second-order valence-electron chi connectivity index (χ2n) is 5.98. The average Bonchev–Trinajstić information content (AvgIpc) is 2.95. The molecule has 1 fully saturated rings. The van der Waals surface area contributed by atoms with Gasteiger partial charge in [-0.2, -0.15) is 0 Å². The van der Waals surface area contributed by atoms with E-state index in [4.69, 9.17) is 4.74 Å². The molecule has 1 aromatic carbocycles. The van der Waals surface area contributed by atoms with Crippen LogP contribution in [0.4, 0.5) is 11.4 Å². The number of hydrogen-bond acceptors (Lipinski definition) is 5. The van der Waals surface area contributed by atoms with Gasteiger partial charge in [-0.15, -0.1) is 0 Å². The molecule has 1 amide bonds. The Bertz CT molecular complexity index is 743. The molecule has 6 nitrogen and oxygen atoms in total. The second kappa shape index (κ2) is 5.55. The number of aromatic nitrogens is 1. The van der Waals surface area contributed by atoms with E-state index in [1.807, 2.05) is 0 Å². The van der Waals surface area contributed by atoms with Crippen LogP contribution in [0.25, 0.3) is 0 Å². The molecule has 0 atom stereocenters. The van der Waals surface area contributed by atoms with Crippen LogP contribution in [0, 0.1) is 0 Å². The summed E-state index contributed by atoms with van der Waals surface area (Å²) in [7, 11) is 0. The smallest absolute Gasteiger partial charge is 0.262 e. The van der Waals surface area contributed by atoms with Crippen LogP contribution in [0.2, 0.25) is 0 Å². The number of carbonyl (C=O) groups excluding carboxylic acids is 1. The normalized spacial score (nSPS) is 19.0. The van der Waals surface area contributed by atoms with Gasteiger partial charge in [-0.25, -0.2) is 4.98 Å². The van der Waals surface area contributed by atoms with Crippen molar-refractivity contribution in [3.8, 4) is 5.88 Å². The predicted octanol–water partition coefficient (Wildman–Crippen LogP) is 1.37. The molecule has 2 aromatic rings. The molecule has 0 unspecified atom stereocenters. The number of ether oxygens (including phenoxy) is 1. The Morgan fingerprint density at radius 2 is 1.87 bits per heavy atom. The van der Waals surface area contributed by atoms with Crippen molar-refractivity contribution in [1.29, 1.82) is 0 Å². The van der Waals surface area contributed by atoms with Gasteiger partial charge >= 0.3 is 0 Å². The lowest BCUT2D eigenvalue weighted by atomic mass is 9.77. The molecule has 0 bridgehead atoms. The molecule has 118 valence electrons. The molecular formula is C17H18N4O2. The fourth-order valence-corrected chi connectivity index (χ4v) is 3.12. The molecule has 3 N–H and O–H groups in total. The maximum atomic E-state index is 10.8. The van der Waals surface area contributed by atoms with Crippen molar-refractivity contribution < 1.29 is 9.53 Å². The molecule has 0 saturated carbocycles. The lowest BCUT2D eigenvalue weighted by Gasteiger charge is -2.39. The van der Waals surface area contributed by atoms with Crippen molar-refractivity contribution >= 4 is 17.3 Å². The Hall–Kier alpha value is -2.60. The maximum absolute atomic E-state index is 10.8. The van der Waals surface area contributed by atoms with E-state index in [1.165, 1.54) is 11.3 Å². The molecule has 1 saturated heterocycles. The molecule has 3 aliphatic heterocycles. The van der Waals surface area contributed by atoms with E-state index in [0.29, 0.717) is 17.0 Å². The van der Waals surface area contributed by atoms with Gasteiger partial charge in [0.1, 0.15) is 5.69 Å². The van der Waals surface area contributed by atoms with Gasteiger partial charge in [-0.1, -0.05) is 18.2 Å². The minimum atomic E-state index is -0.134. The average molecular weight is 310 g/mol. The number of hydrogen-bond donors (Lipinski definition) is 3. The van der Waals surface area contributed by atoms with Crippen LogP contribution in [0.1, 0.15) is 5.56 Å². The highest BCUT2D eigenvalue weighted by atomic mass is 16.5. The van der Waals surface area contributed by atoms with Crippen molar-refractivity contribution in [3.05, 3.63) is 48.2 Å². The maximum Gasteiger partial charge on any atom is 0.262 e. The van der Waals surface area contributed by atoms with Gasteiger partial charge in [0.25, 0.3) is 5.91 Å². The Kier molecular flexibility index (Phi) is 3.38. The summed E-state index contributed by atoms with van der Waals surface area (Å²) in [6.07, 6.45) is 1.62. The summed E-state index contributed by atoms with van der Waals surface area (Å²) in [5.41, 5.74) is 3.91. The quantitative estimate of drug-likeness (QED) is 0.685. The van der Waals surface area contributed by atoms with Crippen molar-refractivity contribution in [2.24, 2.45) is 0 Å². The first-order valence-corrected chi connectivity index (χ1v) is 7.69. The second-order valence-corrected chi connectivity index (χ2v) is 5.98. The zero-order valence-electron chi connectivity index (χ0n) is 12.6. The lowest BCUT2D eigenvalue weighted by Crippen LogP contribution is -2.58. The molecule has 6 heteroatoms. The van der Waals surface area contributed by atoms with Crippen molar-refractivity contribution in [2.45, 2.75) is 5.41 Å². The summed E-state index contributed by atoms with van der Waals surface area (Å²) in [4.78, 5) is 14.7. The van der Waals surface area contributed by atoms with Crippen LogP contribution < -0.4 is 20.7 Å². The van der Waals surface area contributed by atoms with E-state index in [0.717, 1.165) is 19.6 Å². The first kappa shape index (κ1) is 14.0. The van der Waals surface area contributed by atoms with Gasteiger partial charge in [-0.05, 0) is 23.8 Å². The number of nitrogens with zero attached hydrogens (tertiary/aromatic N) is 1. The number of nitrogens with one attached hydrogen (secondary N) is 3. The topological polar surface area (TPSA) is 75.3 Å². The Labute approximate surface area is 134 Å². The van der Waals surface area contributed by atoms with Gasteiger partial charge in [0.2, 0.25) is 5.88 Å². The molecule has 0 radical (unpaired) electrons. The third kappa shape index (κ3) is 2.51. The molecule has 4 heterocycles. The standard InChI is InChI=1S/C10H12N2.C7H6N2O2/c1-2-4-9-8(3-1)10(7-12-9)5-11-6-10;10-6-4-11-7-5(9-6)2-1-3-8-7/h1-4,11-12H,5-7H2;1-3H,4H2,(H,9,10). The van der Waals surface area contributed by atoms with E-state index < -0.39 is 0 Å². The number of carbonyl (C=O) groups is 1. The highest BCUT2D eigenvalue weighted by Crippen LogP contribution is 2.38. The van der Waals surface area contributed by atoms with Crippen molar-refractivity contribution in [3.63, 3.8) is 0 Å². The van der Waals surface area contributed by atoms with E-state index >= 15 is 0 Å². The largest absolute Gasteiger partial charge is 0.466 e. The summed E-state index contributed by atoms with van der Waals surface area (Å²) >= 11 is 0. The summed E-state index contributed by atoms with van der Waals surface area (Å²) in [6.45, 7) is 3.44. The van der Waals surface area contributed by atoms with Crippen molar-refractivity contribution in [1.82, 2.24) is 10.3 Å². The van der Waals surface area contributed by atoms with Crippen LogP contribution in [0.3, 0.4) is 0 Å². The fraction of sp³-hybridized carbons (Fsp3) is 0.294. The predicted molar refractivity (Wildman–Crippen MR) is 87.8 cm³/mol. The van der Waals surface area contributed by atoms with Gasteiger partial charge in [0, 0.05) is 36.9 Å². The highest BCUT2D eigenvalue weighted by Gasteiger charge is 2.43. The number of para-hydroxylation sites is 1. The molecule has 1 aromatic heterocycles. The van der Waals surface area contributed by atoms with Crippen LogP contribution >= 0.6 is 0 Å². The zero-order chi connectivity index (χ0) is 15.7. The van der Waals surface area contributed by atoms with Gasteiger partial charge in [0.05, 0.1) is 0 Å². The third-order valence-corrected chi connectivity index (χ3v) is 4.43. The molecule has 5 rings (SSSR count). The number of fused-ring (bicyclic) bond motifs is 3. The SMILES string of the molecule is O=C1COc2ncccc2N1.c1ccc2c(c1)NCC21CNC1. The Balaban J connectivity index is 0.000000118. The van der Waals surface area contributed by atoms with Crippen LogP contribution in [-0.2, 0) is 10.2 Å². The number of anilines is 2. The summed E-state index contributed by atoms with van der Waals surface area (Å²) in [5, 5.41) is 9.43. The van der Waals surface area contributed by atoms with Crippen LogP contribution in [-0.4, -0.2) is 37.1 Å². The first-order chi connectivity index (χ1) is 11.3. The molecule has 0 aliphatic carbocycles. The number of amides is 1. The van der Waals surface area contributed by atoms with E-state index in [-0.39, 0.29) is 12.5 Å². The van der Waals surface area contributed by atoms with Gasteiger partial charge in [-0.3, -0.25) is 4.79 Å². The number of rotatable bonds is 0. The van der Waals surface area contributed by atoms with Gasteiger partial charge in [0.15, 0.2) is 6.61 Å². The minimum absolute atomic E-state index is 0.0595. The zero-order valence-corrected chi connectivity index (χ0v) is 12.6. The fourth-order valence-electron chi connectivity index (χ4n) is 3.12. The molecule has 23 heavy (non-hydrogen) atoms. The Morgan fingerprint density at radius 1 is 1.04 bits per heavy atom. The Morgan fingerprint density at radius 3 is 2.70 bits per heavy atom. The van der Waals surface area contributed by atoms with Crippen LogP contribution in [0.15, 0.2) is 42.6 Å². The number of pyridine rings is 1. The third-order valence-electron chi connectivity index (χ3n) is 4.43. The monoisotopic (exact) mass is 310 g/mol. The van der Waals surface area contributed by atoms with Gasteiger partial charge < -0.3 is 20.7 Å². The minimum Gasteiger partial charge on any atom is -0.466 e. The van der Waals surface area contributed by atoms with E-state index in [1.54, 1.807) is 18.3 Å². The van der Waals surface area contributed by atoms with E-state index in [9.17, 15) is 4.79 Å².